The quantitative estimate of drug-likeness (QED) is 0.318. The number of fused-ring (bicyclic) bond motifs is 1. The Kier molecular flexibility index (Phi) is 9.40. The average molecular weight is 583 g/mol. The number of ether oxygens (including phenoxy) is 2. The molecule has 2 fully saturated rings. The Morgan fingerprint density at radius 2 is 1.90 bits per heavy atom. The Hall–Kier alpha value is -2.75. The maximum absolute atomic E-state index is 13.5. The van der Waals surface area contributed by atoms with Gasteiger partial charge in [0.25, 0.3) is 0 Å². The molecule has 0 radical (unpaired) electrons. The number of benzene rings is 1. The molecule has 1 aromatic heterocycles. The number of anilines is 1. The molecule has 9 heteroatoms. The number of halogens is 1. The van der Waals surface area contributed by atoms with Crippen LogP contribution in [0.2, 0.25) is 0 Å². The summed E-state index contributed by atoms with van der Waals surface area (Å²) in [5.74, 6) is 1.10. The van der Waals surface area contributed by atoms with Crippen LogP contribution >= 0.6 is 0 Å². The molecular formula is C33H47FN4O4. The monoisotopic (exact) mass is 582 g/mol. The van der Waals surface area contributed by atoms with Crippen LogP contribution in [0.5, 0.6) is 5.75 Å². The van der Waals surface area contributed by atoms with E-state index in [0.29, 0.717) is 6.42 Å². The SMILES string of the molecule is CC(=O)N[C@@H](Cc1ccc(F)cc1)[C@H](O)CN[C@H]1CC2(CCC2)Oc2c1cc(CC(C)(C)C)nc2NC1CCOCC1. The van der Waals surface area contributed by atoms with Crippen molar-refractivity contribution in [2.24, 2.45) is 5.41 Å². The fraction of sp³-hybridized carbons (Fsp3) is 0.636. The second-order valence-corrected chi connectivity index (χ2v) is 13.7. The second-order valence-electron chi connectivity index (χ2n) is 13.7. The summed E-state index contributed by atoms with van der Waals surface area (Å²) in [6, 6.07) is 8.08. The number of aliphatic hydroxyl groups excluding tert-OH is 1. The Labute approximate surface area is 249 Å². The van der Waals surface area contributed by atoms with Gasteiger partial charge >= 0.3 is 0 Å². The first-order valence-electron chi connectivity index (χ1n) is 15.5. The zero-order chi connectivity index (χ0) is 29.9. The molecular weight excluding hydrogens is 535 g/mol. The van der Waals surface area contributed by atoms with Crippen molar-refractivity contribution < 1.29 is 23.8 Å². The Bertz CT molecular complexity index is 1220. The summed E-state index contributed by atoms with van der Waals surface area (Å²) in [5.41, 5.74) is 2.76. The molecule has 1 spiro atoms. The van der Waals surface area contributed by atoms with Gasteiger partial charge in [-0.2, -0.15) is 0 Å². The molecule has 5 rings (SSSR count). The van der Waals surface area contributed by atoms with Gasteiger partial charge < -0.3 is 30.5 Å². The van der Waals surface area contributed by atoms with E-state index in [1.807, 2.05) is 0 Å². The molecule has 42 heavy (non-hydrogen) atoms. The van der Waals surface area contributed by atoms with Gasteiger partial charge in [-0.15, -0.1) is 0 Å². The van der Waals surface area contributed by atoms with E-state index in [0.717, 1.165) is 86.5 Å². The normalized spacial score (nSPS) is 21.5. The van der Waals surface area contributed by atoms with Crippen molar-refractivity contribution in [1.29, 1.82) is 0 Å². The van der Waals surface area contributed by atoms with Crippen LogP contribution in [-0.4, -0.2) is 59.5 Å². The van der Waals surface area contributed by atoms with Crippen LogP contribution in [0.3, 0.4) is 0 Å². The molecule has 3 aliphatic rings. The average Bonchev–Trinajstić information content (AvgIpc) is 2.91. The molecule has 4 N–H and O–H groups in total. The van der Waals surface area contributed by atoms with Crippen LogP contribution in [0.4, 0.5) is 10.2 Å². The number of hydrogen-bond acceptors (Lipinski definition) is 7. The van der Waals surface area contributed by atoms with Crippen LogP contribution in [0.25, 0.3) is 0 Å². The molecule has 1 aromatic carbocycles. The van der Waals surface area contributed by atoms with Crippen molar-refractivity contribution >= 4 is 11.7 Å². The highest BCUT2D eigenvalue weighted by Gasteiger charge is 2.47. The number of rotatable bonds is 10. The molecule has 1 saturated carbocycles. The highest BCUT2D eigenvalue weighted by Crippen LogP contribution is 2.51. The van der Waals surface area contributed by atoms with Crippen molar-refractivity contribution in [2.45, 2.75) is 109 Å². The number of nitrogens with one attached hydrogen (secondary N) is 3. The largest absolute Gasteiger partial charge is 0.483 e. The molecule has 0 bridgehead atoms. The third-order valence-corrected chi connectivity index (χ3v) is 8.66. The second kappa shape index (κ2) is 12.9. The highest BCUT2D eigenvalue weighted by atomic mass is 19.1. The fourth-order valence-electron chi connectivity index (χ4n) is 6.37. The van der Waals surface area contributed by atoms with Gasteiger partial charge in [0.05, 0.1) is 12.1 Å². The maximum Gasteiger partial charge on any atom is 0.217 e. The summed E-state index contributed by atoms with van der Waals surface area (Å²) in [4.78, 5) is 17.1. The number of hydrogen-bond donors (Lipinski definition) is 4. The van der Waals surface area contributed by atoms with Crippen LogP contribution in [-0.2, 0) is 22.4 Å². The number of nitrogens with zero attached hydrogens (tertiary/aromatic N) is 1. The lowest BCUT2D eigenvalue weighted by Gasteiger charge is -2.48. The number of aliphatic hydroxyl groups is 1. The zero-order valence-electron chi connectivity index (χ0n) is 25.5. The van der Waals surface area contributed by atoms with Gasteiger partial charge in [-0.1, -0.05) is 32.9 Å². The van der Waals surface area contributed by atoms with Crippen molar-refractivity contribution in [3.8, 4) is 5.75 Å². The number of amides is 1. The minimum absolute atomic E-state index is 0.0375. The number of carbonyl (C=O) groups is 1. The van der Waals surface area contributed by atoms with Crippen molar-refractivity contribution in [2.75, 3.05) is 25.1 Å². The van der Waals surface area contributed by atoms with Crippen molar-refractivity contribution in [3.63, 3.8) is 0 Å². The van der Waals surface area contributed by atoms with E-state index in [1.54, 1.807) is 12.1 Å². The van der Waals surface area contributed by atoms with Gasteiger partial charge in [0.1, 0.15) is 11.4 Å². The fourth-order valence-corrected chi connectivity index (χ4v) is 6.37. The van der Waals surface area contributed by atoms with E-state index in [4.69, 9.17) is 14.5 Å². The topological polar surface area (TPSA) is 105 Å². The summed E-state index contributed by atoms with van der Waals surface area (Å²) in [7, 11) is 0. The lowest BCUT2D eigenvalue weighted by molar-refractivity contribution is -0.120. The summed E-state index contributed by atoms with van der Waals surface area (Å²) < 4.78 is 25.8. The van der Waals surface area contributed by atoms with Crippen LogP contribution in [0.1, 0.15) is 89.1 Å². The van der Waals surface area contributed by atoms with E-state index >= 15 is 0 Å². The molecule has 1 amide bonds. The van der Waals surface area contributed by atoms with E-state index in [-0.39, 0.29) is 41.4 Å². The smallest absolute Gasteiger partial charge is 0.217 e. The number of carbonyl (C=O) groups excluding carboxylic acids is 1. The molecule has 230 valence electrons. The zero-order valence-corrected chi connectivity index (χ0v) is 25.5. The van der Waals surface area contributed by atoms with Crippen molar-refractivity contribution in [1.82, 2.24) is 15.6 Å². The molecule has 0 unspecified atom stereocenters. The first-order valence-corrected chi connectivity index (χ1v) is 15.5. The standard InChI is InChI=1S/C33H47FN4O4/c1-21(39)36-27(16-22-6-8-23(34)9-7-22)29(40)20-35-28-19-33(12-5-13-33)42-30-26(28)17-25(18-32(2,3)4)38-31(30)37-24-10-14-41-15-11-24/h6-9,17,24,27-29,35,40H,5,10-16,18-20H2,1-4H3,(H,36,39)(H,37,38)/t27-,28-,29+/m0/s1. The van der Waals surface area contributed by atoms with Gasteiger partial charge in [-0.25, -0.2) is 9.37 Å². The minimum atomic E-state index is -0.849. The number of aromatic nitrogens is 1. The summed E-state index contributed by atoms with van der Waals surface area (Å²) in [6.07, 6.45) is 6.16. The van der Waals surface area contributed by atoms with E-state index in [9.17, 15) is 14.3 Å². The number of pyridine rings is 1. The highest BCUT2D eigenvalue weighted by molar-refractivity contribution is 5.73. The van der Waals surface area contributed by atoms with E-state index < -0.39 is 12.1 Å². The van der Waals surface area contributed by atoms with E-state index in [1.165, 1.54) is 19.1 Å². The van der Waals surface area contributed by atoms with Gasteiger partial charge in [0.15, 0.2) is 11.6 Å². The molecule has 1 aliphatic carbocycles. The predicted molar refractivity (Wildman–Crippen MR) is 161 cm³/mol. The Balaban J connectivity index is 1.40. The maximum atomic E-state index is 13.5. The molecule has 3 heterocycles. The Morgan fingerprint density at radius 3 is 2.52 bits per heavy atom. The third kappa shape index (κ3) is 7.79. The molecule has 1 saturated heterocycles. The summed E-state index contributed by atoms with van der Waals surface area (Å²) in [5, 5.41) is 21.6. The van der Waals surface area contributed by atoms with Crippen molar-refractivity contribution in [3.05, 3.63) is 53.0 Å². The van der Waals surface area contributed by atoms with Crippen LogP contribution < -0.4 is 20.7 Å². The van der Waals surface area contributed by atoms with Crippen LogP contribution in [0, 0.1) is 11.2 Å². The van der Waals surface area contributed by atoms with Gasteiger partial charge in [-0.3, -0.25) is 4.79 Å². The first-order chi connectivity index (χ1) is 20.0. The van der Waals surface area contributed by atoms with Gasteiger partial charge in [-0.05, 0) is 74.1 Å². The van der Waals surface area contributed by atoms with Crippen LogP contribution in [0.15, 0.2) is 30.3 Å². The molecule has 8 nitrogen and oxygen atoms in total. The minimum Gasteiger partial charge on any atom is -0.483 e. The van der Waals surface area contributed by atoms with Gasteiger partial charge in [0, 0.05) is 56.4 Å². The lowest BCUT2D eigenvalue weighted by Crippen LogP contribution is -2.52. The van der Waals surface area contributed by atoms with E-state index in [2.05, 4.69) is 42.8 Å². The Morgan fingerprint density at radius 1 is 1.19 bits per heavy atom. The summed E-state index contributed by atoms with van der Waals surface area (Å²) in [6.45, 7) is 9.86. The van der Waals surface area contributed by atoms with Gasteiger partial charge in [0.2, 0.25) is 5.91 Å². The predicted octanol–water partition coefficient (Wildman–Crippen LogP) is 4.84. The first kappa shape index (κ1) is 30.7. The molecule has 2 aromatic rings. The lowest BCUT2D eigenvalue weighted by atomic mass is 9.72. The molecule has 3 atom stereocenters. The third-order valence-electron chi connectivity index (χ3n) is 8.66. The summed E-state index contributed by atoms with van der Waals surface area (Å²) >= 11 is 0. The molecule has 2 aliphatic heterocycles.